The monoisotopic (exact) mass is 251 g/mol. The second-order valence-electron chi connectivity index (χ2n) is 4.49. The zero-order valence-electron chi connectivity index (χ0n) is 10.6. The lowest BCUT2D eigenvalue weighted by atomic mass is 10.2. The number of rotatable bonds is 7. The van der Waals surface area contributed by atoms with Crippen LogP contribution in [0.5, 0.6) is 5.75 Å². The van der Waals surface area contributed by atoms with E-state index < -0.39 is 0 Å². The van der Waals surface area contributed by atoms with Gasteiger partial charge < -0.3 is 10.1 Å². The second-order valence-corrected chi connectivity index (χ2v) is 5.58. The predicted octanol–water partition coefficient (Wildman–Crippen LogP) is 3.18. The summed E-state index contributed by atoms with van der Waals surface area (Å²) in [5.41, 5.74) is 0. The van der Waals surface area contributed by atoms with Crippen molar-refractivity contribution in [1.29, 1.82) is 0 Å². The number of benzene rings is 1. The van der Waals surface area contributed by atoms with Crippen LogP contribution in [0.3, 0.4) is 0 Å². The first-order chi connectivity index (χ1) is 8.33. The Morgan fingerprint density at radius 1 is 1.35 bits per heavy atom. The molecule has 1 atom stereocenters. The molecule has 94 valence electrons. The number of hydrogen-bond donors (Lipinski definition) is 1. The van der Waals surface area contributed by atoms with E-state index in [1.165, 1.54) is 23.5 Å². The van der Waals surface area contributed by atoms with Gasteiger partial charge in [-0.15, -0.1) is 11.8 Å². The van der Waals surface area contributed by atoms with E-state index >= 15 is 0 Å². The molecule has 1 N–H and O–H groups in total. The van der Waals surface area contributed by atoms with Crippen molar-refractivity contribution in [3.63, 3.8) is 0 Å². The van der Waals surface area contributed by atoms with E-state index in [1.807, 2.05) is 23.9 Å². The molecule has 0 aliphatic heterocycles. The summed E-state index contributed by atoms with van der Waals surface area (Å²) in [5.74, 6) is 3.02. The number of hydrogen-bond acceptors (Lipinski definition) is 3. The summed E-state index contributed by atoms with van der Waals surface area (Å²) >= 11 is 1.94. The molecule has 1 aliphatic rings. The van der Waals surface area contributed by atoms with Gasteiger partial charge in [-0.1, -0.05) is 6.92 Å². The third-order valence-corrected chi connectivity index (χ3v) is 4.28. The molecule has 0 saturated heterocycles. The molecule has 0 heterocycles. The summed E-state index contributed by atoms with van der Waals surface area (Å²) in [7, 11) is 1.70. The molecular formula is C14H21NOS. The van der Waals surface area contributed by atoms with E-state index in [1.54, 1.807) is 7.11 Å². The maximum Gasteiger partial charge on any atom is 0.118 e. The lowest BCUT2D eigenvalue weighted by Gasteiger charge is -2.16. The van der Waals surface area contributed by atoms with E-state index in [9.17, 15) is 0 Å². The van der Waals surface area contributed by atoms with Gasteiger partial charge in [0.25, 0.3) is 0 Å². The van der Waals surface area contributed by atoms with E-state index in [0.717, 1.165) is 18.2 Å². The van der Waals surface area contributed by atoms with Crippen LogP contribution >= 0.6 is 11.8 Å². The number of nitrogens with one attached hydrogen (secondary N) is 1. The van der Waals surface area contributed by atoms with Crippen LogP contribution in [0.2, 0.25) is 0 Å². The van der Waals surface area contributed by atoms with Gasteiger partial charge in [-0.25, -0.2) is 0 Å². The SMILES string of the molecule is CCNC(CSc1ccc(OC)cc1)C1CC1. The average molecular weight is 251 g/mol. The molecule has 0 spiro atoms. The van der Waals surface area contributed by atoms with Crippen molar-refractivity contribution in [3.8, 4) is 5.75 Å². The van der Waals surface area contributed by atoms with Gasteiger partial charge in [0.15, 0.2) is 0 Å². The van der Waals surface area contributed by atoms with Gasteiger partial charge in [0.1, 0.15) is 5.75 Å². The van der Waals surface area contributed by atoms with Crippen LogP contribution < -0.4 is 10.1 Å². The fraction of sp³-hybridized carbons (Fsp3) is 0.571. The summed E-state index contributed by atoms with van der Waals surface area (Å²) in [6.45, 7) is 3.26. The molecule has 2 rings (SSSR count). The molecule has 1 aromatic rings. The third-order valence-electron chi connectivity index (χ3n) is 3.15. The van der Waals surface area contributed by atoms with Gasteiger partial charge in [0.05, 0.1) is 7.11 Å². The van der Waals surface area contributed by atoms with Crippen molar-refractivity contribution in [2.45, 2.75) is 30.7 Å². The van der Waals surface area contributed by atoms with Crippen LogP contribution in [0.4, 0.5) is 0 Å². The van der Waals surface area contributed by atoms with Gasteiger partial charge in [-0.3, -0.25) is 0 Å². The fourth-order valence-electron chi connectivity index (χ4n) is 1.98. The fourth-order valence-corrected chi connectivity index (χ4v) is 3.07. The van der Waals surface area contributed by atoms with Crippen LogP contribution in [-0.4, -0.2) is 25.4 Å². The minimum atomic E-state index is 0.687. The molecule has 1 fully saturated rings. The highest BCUT2D eigenvalue weighted by atomic mass is 32.2. The summed E-state index contributed by atoms with van der Waals surface area (Å²) in [6.07, 6.45) is 2.81. The normalized spacial score (nSPS) is 16.8. The van der Waals surface area contributed by atoms with Crippen molar-refractivity contribution in [2.24, 2.45) is 5.92 Å². The van der Waals surface area contributed by atoms with Gasteiger partial charge in [-0.05, 0) is 49.6 Å². The maximum atomic E-state index is 5.16. The van der Waals surface area contributed by atoms with Gasteiger partial charge >= 0.3 is 0 Å². The zero-order valence-corrected chi connectivity index (χ0v) is 11.4. The first-order valence-corrected chi connectivity index (χ1v) is 7.32. The highest BCUT2D eigenvalue weighted by Crippen LogP contribution is 2.35. The smallest absolute Gasteiger partial charge is 0.118 e. The molecule has 17 heavy (non-hydrogen) atoms. The Balaban J connectivity index is 1.82. The molecular weight excluding hydrogens is 230 g/mol. The largest absolute Gasteiger partial charge is 0.497 e. The average Bonchev–Trinajstić information content (AvgIpc) is 3.19. The lowest BCUT2D eigenvalue weighted by molar-refractivity contribution is 0.414. The van der Waals surface area contributed by atoms with E-state index in [-0.39, 0.29) is 0 Å². The number of ether oxygens (including phenoxy) is 1. The van der Waals surface area contributed by atoms with Crippen molar-refractivity contribution in [1.82, 2.24) is 5.32 Å². The molecule has 2 nitrogen and oxygen atoms in total. The molecule has 0 bridgehead atoms. The quantitative estimate of drug-likeness (QED) is 0.752. The van der Waals surface area contributed by atoms with E-state index in [0.29, 0.717) is 6.04 Å². The highest BCUT2D eigenvalue weighted by Gasteiger charge is 2.30. The Bertz CT molecular complexity index is 335. The van der Waals surface area contributed by atoms with E-state index in [4.69, 9.17) is 4.74 Å². The van der Waals surface area contributed by atoms with Crippen LogP contribution in [0.1, 0.15) is 19.8 Å². The van der Waals surface area contributed by atoms with Gasteiger partial charge in [-0.2, -0.15) is 0 Å². The van der Waals surface area contributed by atoms with Crippen LogP contribution in [0.25, 0.3) is 0 Å². The molecule has 1 saturated carbocycles. The lowest BCUT2D eigenvalue weighted by Crippen LogP contribution is -2.33. The van der Waals surface area contributed by atoms with Crippen molar-refractivity contribution in [2.75, 3.05) is 19.4 Å². The molecule has 0 radical (unpaired) electrons. The van der Waals surface area contributed by atoms with E-state index in [2.05, 4.69) is 24.4 Å². The van der Waals surface area contributed by atoms with Gasteiger partial charge in [0, 0.05) is 16.7 Å². The first-order valence-electron chi connectivity index (χ1n) is 6.33. The summed E-state index contributed by atoms with van der Waals surface area (Å²) in [4.78, 5) is 1.33. The Kier molecular flexibility index (Phi) is 4.75. The molecule has 0 aromatic heterocycles. The third kappa shape index (κ3) is 3.93. The molecule has 0 amide bonds. The van der Waals surface area contributed by atoms with Crippen LogP contribution in [0.15, 0.2) is 29.2 Å². The Hall–Kier alpha value is -0.670. The Morgan fingerprint density at radius 3 is 2.59 bits per heavy atom. The zero-order chi connectivity index (χ0) is 12.1. The van der Waals surface area contributed by atoms with Crippen molar-refractivity contribution in [3.05, 3.63) is 24.3 Å². The summed E-state index contributed by atoms with van der Waals surface area (Å²) in [6, 6.07) is 9.02. The second kappa shape index (κ2) is 6.31. The Labute approximate surface area is 108 Å². The van der Waals surface area contributed by atoms with Crippen molar-refractivity contribution < 1.29 is 4.74 Å². The minimum Gasteiger partial charge on any atom is -0.497 e. The van der Waals surface area contributed by atoms with Crippen molar-refractivity contribution >= 4 is 11.8 Å². The first kappa shape index (κ1) is 12.8. The highest BCUT2D eigenvalue weighted by molar-refractivity contribution is 7.99. The molecule has 1 aliphatic carbocycles. The van der Waals surface area contributed by atoms with Gasteiger partial charge in [0.2, 0.25) is 0 Å². The topological polar surface area (TPSA) is 21.3 Å². The predicted molar refractivity (Wildman–Crippen MR) is 73.9 cm³/mol. The van der Waals surface area contributed by atoms with Crippen LogP contribution in [0, 0.1) is 5.92 Å². The molecule has 3 heteroatoms. The summed E-state index contributed by atoms with van der Waals surface area (Å²) in [5, 5.41) is 3.59. The standard InChI is InChI=1S/C14H21NOS/c1-3-15-14(11-4-5-11)10-17-13-8-6-12(16-2)7-9-13/h6-9,11,14-15H,3-5,10H2,1-2H3. The Morgan fingerprint density at radius 2 is 2.06 bits per heavy atom. The number of thioether (sulfide) groups is 1. The molecule has 1 unspecified atom stereocenters. The molecule has 1 aromatic carbocycles. The number of methoxy groups -OCH3 is 1. The summed E-state index contributed by atoms with van der Waals surface area (Å²) < 4.78 is 5.16. The maximum absolute atomic E-state index is 5.16. The van der Waals surface area contributed by atoms with Crippen LogP contribution in [-0.2, 0) is 0 Å². The minimum absolute atomic E-state index is 0.687.